The normalized spacial score (nSPS) is 24.7. The molecule has 1 aromatic carbocycles. The van der Waals surface area contributed by atoms with Crippen molar-refractivity contribution in [2.45, 2.75) is 32.4 Å². The van der Waals surface area contributed by atoms with Crippen LogP contribution in [0.3, 0.4) is 0 Å². The van der Waals surface area contributed by atoms with Crippen LogP contribution in [-0.4, -0.2) is 55.2 Å². The van der Waals surface area contributed by atoms with Crippen LogP contribution in [0.1, 0.15) is 20.3 Å². The molecule has 2 heterocycles. The number of carbonyl (C=O) groups excluding carboxylic acids is 2. The first kappa shape index (κ1) is 15.8. The minimum Gasteiger partial charge on any atom is -0.491 e. The molecular formula is C17H22N2O4. The van der Waals surface area contributed by atoms with Crippen molar-refractivity contribution in [3.05, 3.63) is 24.3 Å². The topological polar surface area (TPSA) is 59.1 Å². The van der Waals surface area contributed by atoms with Gasteiger partial charge in [0.1, 0.15) is 12.3 Å². The third kappa shape index (κ3) is 3.32. The average molecular weight is 318 g/mol. The van der Waals surface area contributed by atoms with Crippen LogP contribution in [0.2, 0.25) is 0 Å². The zero-order chi connectivity index (χ0) is 16.4. The zero-order valence-corrected chi connectivity index (χ0v) is 13.5. The molecule has 1 aromatic rings. The number of nitrogens with zero attached hydrogens (tertiary/aromatic N) is 2. The molecule has 0 N–H and O–H groups in total. The molecule has 1 saturated heterocycles. The second-order valence-corrected chi connectivity index (χ2v) is 6.09. The maximum absolute atomic E-state index is 12.7. The van der Waals surface area contributed by atoms with E-state index in [0.717, 1.165) is 0 Å². The third-order valence-corrected chi connectivity index (χ3v) is 4.25. The fourth-order valence-electron chi connectivity index (χ4n) is 2.97. The highest BCUT2D eigenvalue weighted by atomic mass is 16.5. The maximum atomic E-state index is 12.7. The number of amides is 2. The van der Waals surface area contributed by atoms with E-state index in [4.69, 9.17) is 9.47 Å². The fourth-order valence-corrected chi connectivity index (χ4v) is 2.97. The molecule has 2 atom stereocenters. The summed E-state index contributed by atoms with van der Waals surface area (Å²) in [6, 6.07) is 7.37. The van der Waals surface area contributed by atoms with Crippen LogP contribution in [0.15, 0.2) is 24.3 Å². The van der Waals surface area contributed by atoms with Crippen molar-refractivity contribution < 1.29 is 19.1 Å². The summed E-state index contributed by atoms with van der Waals surface area (Å²) in [4.78, 5) is 28.5. The third-order valence-electron chi connectivity index (χ3n) is 4.25. The minimum absolute atomic E-state index is 0.0191. The summed E-state index contributed by atoms with van der Waals surface area (Å²) in [5.74, 6) is 0.504. The average Bonchev–Trinajstić information content (AvgIpc) is 2.69. The number of morpholine rings is 1. The summed E-state index contributed by atoms with van der Waals surface area (Å²) in [6.07, 6.45) is 0.294. The second-order valence-electron chi connectivity index (χ2n) is 6.09. The molecule has 6 nitrogen and oxygen atoms in total. The van der Waals surface area contributed by atoms with Gasteiger partial charge in [-0.05, 0) is 26.0 Å². The summed E-state index contributed by atoms with van der Waals surface area (Å²) in [7, 11) is 0. The smallest absolute Gasteiger partial charge is 0.243 e. The SMILES string of the molecule is C[C@H]1CN(C(=O)CN2C(=O)CCOc3ccccc32)[C@@H](C)CO1. The first-order chi connectivity index (χ1) is 11.1. The monoisotopic (exact) mass is 318 g/mol. The van der Waals surface area contributed by atoms with Crippen molar-refractivity contribution in [3.8, 4) is 5.75 Å². The van der Waals surface area contributed by atoms with E-state index in [1.54, 1.807) is 4.90 Å². The van der Waals surface area contributed by atoms with Crippen molar-refractivity contribution in [1.29, 1.82) is 0 Å². The summed E-state index contributed by atoms with van der Waals surface area (Å²) in [5, 5.41) is 0. The number of benzene rings is 1. The summed E-state index contributed by atoms with van der Waals surface area (Å²) in [6.45, 7) is 5.37. The molecule has 2 aliphatic rings. The Labute approximate surface area is 136 Å². The number of carbonyl (C=O) groups is 2. The van der Waals surface area contributed by atoms with Gasteiger partial charge in [0.25, 0.3) is 0 Å². The molecule has 6 heteroatoms. The Morgan fingerprint density at radius 2 is 2.09 bits per heavy atom. The highest BCUT2D eigenvalue weighted by Crippen LogP contribution is 2.31. The molecule has 2 aliphatic heterocycles. The van der Waals surface area contributed by atoms with Gasteiger partial charge in [-0.25, -0.2) is 0 Å². The summed E-state index contributed by atoms with van der Waals surface area (Å²) >= 11 is 0. The maximum Gasteiger partial charge on any atom is 0.243 e. The second kappa shape index (κ2) is 6.58. The Morgan fingerprint density at radius 3 is 2.91 bits per heavy atom. The van der Waals surface area contributed by atoms with Gasteiger partial charge in [-0.3, -0.25) is 14.5 Å². The van der Waals surface area contributed by atoms with E-state index in [1.807, 2.05) is 38.1 Å². The molecule has 0 saturated carbocycles. The number of ether oxygens (including phenoxy) is 2. The van der Waals surface area contributed by atoms with Gasteiger partial charge in [-0.2, -0.15) is 0 Å². The molecular weight excluding hydrogens is 296 g/mol. The highest BCUT2D eigenvalue weighted by molar-refractivity contribution is 6.00. The first-order valence-electron chi connectivity index (χ1n) is 7.99. The predicted molar refractivity (Wildman–Crippen MR) is 85.5 cm³/mol. The van der Waals surface area contributed by atoms with Crippen LogP contribution >= 0.6 is 0 Å². The molecule has 0 radical (unpaired) electrons. The van der Waals surface area contributed by atoms with E-state index in [2.05, 4.69) is 0 Å². The number of para-hydroxylation sites is 2. The Balaban J connectivity index is 1.80. The van der Waals surface area contributed by atoms with Crippen molar-refractivity contribution in [2.24, 2.45) is 0 Å². The molecule has 124 valence electrons. The highest BCUT2D eigenvalue weighted by Gasteiger charge is 2.31. The molecule has 3 rings (SSSR count). The number of fused-ring (bicyclic) bond motifs is 1. The van der Waals surface area contributed by atoms with Crippen LogP contribution in [0.25, 0.3) is 0 Å². The number of anilines is 1. The molecule has 2 amide bonds. The first-order valence-corrected chi connectivity index (χ1v) is 7.99. The predicted octanol–water partition coefficient (Wildman–Crippen LogP) is 1.44. The summed E-state index contributed by atoms with van der Waals surface area (Å²) < 4.78 is 11.2. The lowest BCUT2D eigenvalue weighted by atomic mass is 10.2. The molecule has 0 spiro atoms. The van der Waals surface area contributed by atoms with Crippen LogP contribution < -0.4 is 9.64 Å². The van der Waals surface area contributed by atoms with E-state index in [1.165, 1.54) is 4.90 Å². The quantitative estimate of drug-likeness (QED) is 0.828. The molecule has 0 aromatic heterocycles. The molecule has 1 fully saturated rings. The standard InChI is InChI=1S/C17H22N2O4/c1-12-11-23-13(2)9-18(12)17(21)10-19-14-5-3-4-6-15(14)22-8-7-16(19)20/h3-6,12-13H,7-11H2,1-2H3/t12-,13-/m0/s1. The fraction of sp³-hybridized carbons (Fsp3) is 0.529. The van der Waals surface area contributed by atoms with Gasteiger partial charge in [-0.15, -0.1) is 0 Å². The van der Waals surface area contributed by atoms with Gasteiger partial charge >= 0.3 is 0 Å². The van der Waals surface area contributed by atoms with E-state index < -0.39 is 0 Å². The van der Waals surface area contributed by atoms with Crippen molar-refractivity contribution in [3.63, 3.8) is 0 Å². The van der Waals surface area contributed by atoms with Crippen LogP contribution in [-0.2, 0) is 14.3 Å². The van der Waals surface area contributed by atoms with Crippen LogP contribution in [0.5, 0.6) is 5.75 Å². The number of hydrogen-bond donors (Lipinski definition) is 0. The lowest BCUT2D eigenvalue weighted by Gasteiger charge is -2.37. The lowest BCUT2D eigenvalue weighted by molar-refractivity contribution is -0.142. The molecule has 0 unspecified atom stereocenters. The minimum atomic E-state index is -0.0859. The lowest BCUT2D eigenvalue weighted by Crippen LogP contribution is -2.53. The van der Waals surface area contributed by atoms with Gasteiger partial charge in [-0.1, -0.05) is 12.1 Å². The zero-order valence-electron chi connectivity index (χ0n) is 13.5. The molecule has 23 heavy (non-hydrogen) atoms. The van der Waals surface area contributed by atoms with Gasteiger partial charge < -0.3 is 14.4 Å². The van der Waals surface area contributed by atoms with Gasteiger partial charge in [0, 0.05) is 6.54 Å². The Hall–Kier alpha value is -2.08. The Morgan fingerprint density at radius 1 is 1.30 bits per heavy atom. The van der Waals surface area contributed by atoms with E-state index in [-0.39, 0.29) is 36.9 Å². The Kier molecular flexibility index (Phi) is 4.52. The largest absolute Gasteiger partial charge is 0.491 e. The van der Waals surface area contributed by atoms with Gasteiger partial charge in [0.05, 0.1) is 37.5 Å². The Bertz CT molecular complexity index is 604. The number of hydrogen-bond acceptors (Lipinski definition) is 4. The molecule has 0 aliphatic carbocycles. The van der Waals surface area contributed by atoms with E-state index in [9.17, 15) is 9.59 Å². The van der Waals surface area contributed by atoms with Gasteiger partial charge in [0.15, 0.2) is 0 Å². The number of rotatable bonds is 2. The van der Waals surface area contributed by atoms with E-state index in [0.29, 0.717) is 31.2 Å². The van der Waals surface area contributed by atoms with Crippen molar-refractivity contribution in [1.82, 2.24) is 4.90 Å². The molecule has 0 bridgehead atoms. The summed E-state index contributed by atoms with van der Waals surface area (Å²) in [5.41, 5.74) is 0.664. The van der Waals surface area contributed by atoms with Crippen molar-refractivity contribution in [2.75, 3.05) is 31.2 Å². The van der Waals surface area contributed by atoms with Crippen LogP contribution in [0.4, 0.5) is 5.69 Å². The van der Waals surface area contributed by atoms with Gasteiger partial charge in [0.2, 0.25) is 11.8 Å². The van der Waals surface area contributed by atoms with E-state index >= 15 is 0 Å². The van der Waals surface area contributed by atoms with Crippen LogP contribution in [0, 0.1) is 0 Å². The van der Waals surface area contributed by atoms with Crippen molar-refractivity contribution >= 4 is 17.5 Å².